The second-order valence-electron chi connectivity index (χ2n) is 2.48. The molecule has 1 aliphatic heterocycles. The first-order chi connectivity index (χ1) is 5.29. The van der Waals surface area contributed by atoms with Gasteiger partial charge in [0.2, 0.25) is 0 Å². The average Bonchev–Trinajstić information content (AvgIpc) is 2.50. The van der Waals surface area contributed by atoms with Crippen molar-refractivity contribution < 1.29 is 39.6 Å². The van der Waals surface area contributed by atoms with E-state index in [2.05, 4.69) is 5.28 Å². The maximum Gasteiger partial charge on any atom is 1.00 e. The van der Waals surface area contributed by atoms with Gasteiger partial charge in [-0.05, 0) is 18.1 Å². The van der Waals surface area contributed by atoms with E-state index in [-0.39, 0.29) is 47.2 Å². The van der Waals surface area contributed by atoms with Gasteiger partial charge in [0.15, 0.2) is 0 Å². The maximum absolute atomic E-state index is 10.6. The zero-order valence-electron chi connectivity index (χ0n) is 7.01. The van der Waals surface area contributed by atoms with Crippen LogP contribution in [0.15, 0.2) is 5.28 Å². The maximum atomic E-state index is 10.6. The summed E-state index contributed by atoms with van der Waals surface area (Å²) in [5, 5.41) is 32.6. The van der Waals surface area contributed by atoms with Gasteiger partial charge in [0.25, 0.3) is 0 Å². The molecular weight excluding hydrogens is 173 g/mol. The van der Waals surface area contributed by atoms with Crippen LogP contribution in [0.25, 0.3) is 0 Å². The molecule has 7 heteroatoms. The van der Waals surface area contributed by atoms with Gasteiger partial charge in [-0.25, -0.2) is 0 Å². The summed E-state index contributed by atoms with van der Waals surface area (Å²) in [6, 6.07) is -0.231. The molecule has 12 heavy (non-hydrogen) atoms. The van der Waals surface area contributed by atoms with Gasteiger partial charge in [0.05, 0.1) is 13.2 Å². The van der Waals surface area contributed by atoms with E-state index in [1.807, 2.05) is 0 Å². The first kappa shape index (κ1) is 12.0. The molecule has 1 N–H and O–H groups in total. The largest absolute Gasteiger partial charge is 1.00 e. The second kappa shape index (κ2) is 5.58. The van der Waals surface area contributed by atoms with Crippen molar-refractivity contribution in [1.29, 1.82) is 0 Å². The molecule has 64 valence electrons. The second-order valence-corrected chi connectivity index (χ2v) is 2.48. The predicted octanol–water partition coefficient (Wildman–Crippen LogP) is -3.18. The van der Waals surface area contributed by atoms with E-state index in [0.717, 1.165) is 12.8 Å². The van der Waals surface area contributed by atoms with Crippen LogP contribution >= 0.6 is 0 Å². The molecule has 0 spiro atoms. The summed E-state index contributed by atoms with van der Waals surface area (Å²) in [4.78, 5) is 0.00782. The molecule has 1 rings (SSSR count). The summed E-state index contributed by atoms with van der Waals surface area (Å²) in [6.45, 7) is 0.398. The molecular formula is C5H10N3NaO3. The molecule has 0 aromatic carbocycles. The summed E-state index contributed by atoms with van der Waals surface area (Å²) >= 11 is 0. The Bertz CT molecular complexity index is 166. The minimum absolute atomic E-state index is 0. The third-order valence-corrected chi connectivity index (χ3v) is 1.85. The monoisotopic (exact) mass is 183 g/mol. The van der Waals surface area contributed by atoms with Crippen LogP contribution in [0.5, 0.6) is 0 Å². The normalized spacial score (nSPS) is 23.9. The summed E-state index contributed by atoms with van der Waals surface area (Å²) in [6.07, 6.45) is 1.56. The van der Waals surface area contributed by atoms with E-state index in [0.29, 0.717) is 6.54 Å². The Hall–Kier alpha value is -0.0400. The molecule has 6 nitrogen and oxygen atoms in total. The smallest absolute Gasteiger partial charge is 0.737 e. The number of rotatable bonds is 2. The number of nitrogens with zero attached hydrogens (tertiary/aromatic N) is 3. The first-order valence-corrected chi connectivity index (χ1v) is 3.47. The predicted molar refractivity (Wildman–Crippen MR) is 36.2 cm³/mol. The van der Waals surface area contributed by atoms with E-state index in [1.54, 1.807) is 0 Å². The minimum atomic E-state index is -0.231. The number of hydrazine groups is 1. The van der Waals surface area contributed by atoms with Gasteiger partial charge in [-0.1, -0.05) is 0 Å². The summed E-state index contributed by atoms with van der Waals surface area (Å²) in [7, 11) is 0. The molecule has 1 heterocycles. The Morgan fingerprint density at radius 2 is 2.33 bits per heavy atom. The molecule has 0 bridgehead atoms. The van der Waals surface area contributed by atoms with Crippen molar-refractivity contribution in [1.82, 2.24) is 5.01 Å². The van der Waals surface area contributed by atoms with Crippen molar-refractivity contribution in [2.24, 2.45) is 5.28 Å². The van der Waals surface area contributed by atoms with E-state index in [4.69, 9.17) is 5.11 Å². The van der Waals surface area contributed by atoms with Crippen molar-refractivity contribution in [3.8, 4) is 0 Å². The Morgan fingerprint density at radius 3 is 2.83 bits per heavy atom. The van der Waals surface area contributed by atoms with Crippen LogP contribution in [0.2, 0.25) is 0 Å². The van der Waals surface area contributed by atoms with Crippen LogP contribution in [0.1, 0.15) is 12.8 Å². The number of hydrogen-bond acceptors (Lipinski definition) is 4. The topological polar surface area (TPSA) is 85.0 Å². The van der Waals surface area contributed by atoms with Crippen molar-refractivity contribution in [3.63, 3.8) is 0 Å². The van der Waals surface area contributed by atoms with Gasteiger partial charge in [0.1, 0.15) is 6.04 Å². The van der Waals surface area contributed by atoms with Crippen molar-refractivity contribution >= 4 is 0 Å². The molecule has 1 aliphatic rings. The molecule has 1 saturated heterocycles. The first-order valence-electron chi connectivity index (χ1n) is 3.47. The number of hydrogen-bond donors (Lipinski definition) is 1. The fourth-order valence-corrected chi connectivity index (χ4v) is 1.28. The van der Waals surface area contributed by atoms with Gasteiger partial charge >= 0.3 is 29.6 Å². The fraction of sp³-hybridized carbons (Fsp3) is 1.00. The Balaban J connectivity index is 0.00000121. The van der Waals surface area contributed by atoms with E-state index >= 15 is 0 Å². The Morgan fingerprint density at radius 1 is 1.67 bits per heavy atom. The molecule has 0 saturated carbocycles. The van der Waals surface area contributed by atoms with Gasteiger partial charge in [0, 0.05) is 4.97 Å². The molecule has 0 aromatic rings. The third-order valence-electron chi connectivity index (χ3n) is 1.85. The van der Waals surface area contributed by atoms with Crippen LogP contribution in [0.3, 0.4) is 0 Å². The third kappa shape index (κ3) is 2.48. The molecule has 0 amide bonds. The van der Waals surface area contributed by atoms with Gasteiger partial charge in [-0.15, -0.1) is 5.01 Å². The quantitative estimate of drug-likeness (QED) is 0.212. The molecule has 0 aromatic heterocycles. The van der Waals surface area contributed by atoms with E-state index < -0.39 is 0 Å². The van der Waals surface area contributed by atoms with Crippen molar-refractivity contribution in [2.75, 3.05) is 13.2 Å². The summed E-state index contributed by atoms with van der Waals surface area (Å²) in [5.74, 6) is 0. The van der Waals surface area contributed by atoms with Crippen LogP contribution in [-0.2, 0) is 0 Å². The zero-order chi connectivity index (χ0) is 8.27. The van der Waals surface area contributed by atoms with Gasteiger partial charge in [-0.2, -0.15) is 0 Å². The summed E-state index contributed by atoms with van der Waals surface area (Å²) < 4.78 is 0. The average molecular weight is 183 g/mol. The molecule has 0 radical (unpaired) electrons. The van der Waals surface area contributed by atoms with E-state index in [1.165, 1.54) is 5.01 Å². The standard InChI is InChI=1S/C5H11N3O3.Na/c9-4-5-2-1-3-7(5)8(11)6-10;/h5,9-10H,1-4H2;/q;+1/p-1/b8-6+;/t5-;/m0./s1. The molecule has 1 fully saturated rings. The van der Waals surface area contributed by atoms with Crippen LogP contribution < -0.4 is 29.6 Å². The number of aliphatic hydroxyl groups excluding tert-OH is 1. The Kier molecular flexibility index (Phi) is 5.56. The van der Waals surface area contributed by atoms with Gasteiger partial charge < -0.3 is 15.5 Å². The molecule has 0 aliphatic carbocycles. The van der Waals surface area contributed by atoms with Crippen molar-refractivity contribution in [2.45, 2.75) is 18.9 Å². The molecule has 0 unspecified atom stereocenters. The zero-order valence-corrected chi connectivity index (χ0v) is 9.01. The van der Waals surface area contributed by atoms with Crippen LogP contribution in [-0.4, -0.2) is 34.3 Å². The number of aliphatic hydroxyl groups is 1. The fourth-order valence-electron chi connectivity index (χ4n) is 1.28. The summed E-state index contributed by atoms with van der Waals surface area (Å²) in [5.41, 5.74) is 0. The SMILES string of the molecule is [Na+].[O-]/N=[N+](/[O-])N1CCC[C@H]1CO. The Labute approximate surface area is 92.3 Å². The van der Waals surface area contributed by atoms with E-state index in [9.17, 15) is 10.4 Å². The minimum Gasteiger partial charge on any atom is -0.737 e. The van der Waals surface area contributed by atoms with Gasteiger partial charge in [-0.3, -0.25) is 0 Å². The van der Waals surface area contributed by atoms with Crippen LogP contribution in [0.4, 0.5) is 0 Å². The molecule has 1 atom stereocenters. The van der Waals surface area contributed by atoms with Crippen LogP contribution in [0, 0.1) is 10.4 Å². The van der Waals surface area contributed by atoms with Crippen molar-refractivity contribution in [3.05, 3.63) is 10.4 Å².